The summed E-state index contributed by atoms with van der Waals surface area (Å²) < 4.78 is 20.3. The van der Waals surface area contributed by atoms with Crippen molar-refractivity contribution in [1.82, 2.24) is 15.3 Å². The number of hydrogen-bond donors (Lipinski definition) is 4. The van der Waals surface area contributed by atoms with Crippen molar-refractivity contribution in [2.75, 3.05) is 37.8 Å². The number of aromatic hydroxyl groups is 1. The molecule has 1 aliphatic carbocycles. The fourth-order valence-electron chi connectivity index (χ4n) is 4.53. The normalized spacial score (nSPS) is 13.8. The second-order valence-electron chi connectivity index (χ2n) is 9.66. The van der Waals surface area contributed by atoms with Crippen LogP contribution in [0.5, 0.6) is 11.5 Å². The topological polar surface area (TPSA) is 135 Å². The molecule has 0 aliphatic heterocycles. The van der Waals surface area contributed by atoms with Gasteiger partial charge in [-0.15, -0.1) is 0 Å². The van der Waals surface area contributed by atoms with E-state index in [-0.39, 0.29) is 46.4 Å². The van der Waals surface area contributed by atoms with Crippen molar-refractivity contribution in [3.05, 3.63) is 58.3 Å². The fourth-order valence-corrected chi connectivity index (χ4v) is 4.68. The monoisotopic (exact) mass is 568 g/mol. The number of anilines is 2. The molecule has 2 aromatic heterocycles. The van der Waals surface area contributed by atoms with Crippen LogP contribution in [0, 0.1) is 11.7 Å². The van der Waals surface area contributed by atoms with Crippen molar-refractivity contribution in [3.8, 4) is 22.8 Å². The molecule has 0 saturated heterocycles. The van der Waals surface area contributed by atoms with Crippen LogP contribution in [0.3, 0.4) is 0 Å². The molecule has 212 valence electrons. The summed E-state index contributed by atoms with van der Waals surface area (Å²) in [6.07, 6.45) is 5.85. The molecule has 1 aliphatic rings. The van der Waals surface area contributed by atoms with Gasteiger partial charge in [-0.2, -0.15) is 0 Å². The highest BCUT2D eigenvalue weighted by atomic mass is 35.5. The van der Waals surface area contributed by atoms with E-state index in [1.54, 1.807) is 24.4 Å². The Balaban J connectivity index is 1.65. The molecule has 40 heavy (non-hydrogen) atoms. The van der Waals surface area contributed by atoms with Crippen LogP contribution in [0.15, 0.2) is 35.5 Å². The Morgan fingerprint density at radius 1 is 1.35 bits per heavy atom. The van der Waals surface area contributed by atoms with E-state index in [4.69, 9.17) is 22.1 Å². The number of nitrogens with zero attached hydrogens (tertiary/aromatic N) is 3. The number of nitrogen functional groups attached to an aromatic ring is 1. The van der Waals surface area contributed by atoms with Gasteiger partial charge in [0, 0.05) is 60.3 Å². The van der Waals surface area contributed by atoms with Gasteiger partial charge < -0.3 is 26.2 Å². The molecule has 1 unspecified atom stereocenters. The molecule has 0 bridgehead atoms. The maximum Gasteiger partial charge on any atom is 0.251 e. The number of nitrogens with two attached hydrogens (primary N) is 1. The van der Waals surface area contributed by atoms with E-state index in [9.17, 15) is 14.3 Å². The third-order valence-corrected chi connectivity index (χ3v) is 7.04. The van der Waals surface area contributed by atoms with Gasteiger partial charge in [0.05, 0.1) is 18.5 Å². The fraction of sp³-hybridized carbons (Fsp3) is 0.379. The first-order valence-corrected chi connectivity index (χ1v) is 13.7. The Labute approximate surface area is 238 Å². The molecule has 1 amide bonds. The molecule has 1 atom stereocenters. The SMILES string of the molecule is CCCN=Cc1cc(C(=O)NCC(c2cc(NCC)c(O)c(-c3ccnc(Cl)c3F)n2)C2CC2)cc(OC)c1N. The highest BCUT2D eigenvalue weighted by molar-refractivity contribution is 6.29. The third kappa shape index (κ3) is 6.44. The number of aromatic nitrogens is 2. The number of halogens is 2. The number of nitrogens with one attached hydrogen (secondary N) is 2. The van der Waals surface area contributed by atoms with Gasteiger partial charge in [-0.05, 0) is 56.4 Å². The second kappa shape index (κ2) is 13.0. The van der Waals surface area contributed by atoms with Gasteiger partial charge in [0.2, 0.25) is 0 Å². The number of hydrogen-bond acceptors (Lipinski definition) is 8. The van der Waals surface area contributed by atoms with Crippen molar-refractivity contribution < 1.29 is 19.0 Å². The predicted molar refractivity (Wildman–Crippen MR) is 156 cm³/mol. The predicted octanol–water partition coefficient (Wildman–Crippen LogP) is 5.42. The van der Waals surface area contributed by atoms with Crippen molar-refractivity contribution in [2.24, 2.45) is 10.9 Å². The molecule has 11 heteroatoms. The standard InChI is InChI=1S/C29H34ClFN6O3/c1-4-9-33-14-18-11-17(12-23(40-3)25(18)32)29(39)36-15-20(16-6-7-16)21-13-22(34-5-2)27(38)26(37-21)19-8-10-35-28(30)24(19)31/h8,10-14,16,20,38H,4-7,9,15,32H2,1-3H3,(H,34,37)(H,36,39). The van der Waals surface area contributed by atoms with Gasteiger partial charge in [-0.25, -0.2) is 14.4 Å². The Bertz CT molecular complexity index is 1410. The quantitative estimate of drug-likeness (QED) is 0.130. The molecule has 9 nitrogen and oxygen atoms in total. The summed E-state index contributed by atoms with van der Waals surface area (Å²) in [7, 11) is 1.50. The van der Waals surface area contributed by atoms with E-state index in [2.05, 4.69) is 25.6 Å². The van der Waals surface area contributed by atoms with E-state index < -0.39 is 5.82 Å². The van der Waals surface area contributed by atoms with Gasteiger partial charge >= 0.3 is 0 Å². The number of carbonyl (C=O) groups excluding carboxylic acids is 1. The average molecular weight is 569 g/mol. The summed E-state index contributed by atoms with van der Waals surface area (Å²) in [5.74, 6) is -0.741. The summed E-state index contributed by atoms with van der Waals surface area (Å²) in [4.78, 5) is 26.1. The first-order valence-electron chi connectivity index (χ1n) is 13.3. The number of methoxy groups -OCH3 is 1. The second-order valence-corrected chi connectivity index (χ2v) is 10.0. The number of carbonyl (C=O) groups is 1. The van der Waals surface area contributed by atoms with Crippen LogP contribution >= 0.6 is 11.6 Å². The van der Waals surface area contributed by atoms with Crippen molar-refractivity contribution in [2.45, 2.75) is 39.0 Å². The minimum Gasteiger partial charge on any atom is -0.504 e. The Hall–Kier alpha value is -3.92. The van der Waals surface area contributed by atoms with Gasteiger partial charge in [0.1, 0.15) is 11.4 Å². The molecule has 5 N–H and O–H groups in total. The number of ether oxygens (including phenoxy) is 1. The van der Waals surface area contributed by atoms with Crippen LogP contribution in [0.1, 0.15) is 60.6 Å². The maximum atomic E-state index is 14.9. The third-order valence-electron chi connectivity index (χ3n) is 6.77. The largest absolute Gasteiger partial charge is 0.504 e. The molecular formula is C29H34ClFN6O3. The number of aliphatic imine (C=N–C) groups is 1. The van der Waals surface area contributed by atoms with E-state index in [1.807, 2.05) is 13.8 Å². The molecule has 4 rings (SSSR count). The van der Waals surface area contributed by atoms with Crippen LogP contribution < -0.4 is 21.1 Å². The number of benzene rings is 1. The maximum absolute atomic E-state index is 14.9. The number of amides is 1. The van der Waals surface area contributed by atoms with E-state index in [1.165, 1.54) is 19.4 Å². The van der Waals surface area contributed by atoms with Crippen LogP contribution in [0.4, 0.5) is 15.8 Å². The van der Waals surface area contributed by atoms with Gasteiger partial charge in [-0.3, -0.25) is 9.79 Å². The number of pyridine rings is 2. The minimum atomic E-state index is -0.765. The van der Waals surface area contributed by atoms with Gasteiger partial charge in [0.25, 0.3) is 5.91 Å². The first kappa shape index (κ1) is 29.1. The minimum absolute atomic E-state index is 0.0447. The van der Waals surface area contributed by atoms with E-state index in [0.717, 1.165) is 19.3 Å². The lowest BCUT2D eigenvalue weighted by Gasteiger charge is -2.21. The summed E-state index contributed by atoms with van der Waals surface area (Å²) in [6, 6.07) is 6.47. The van der Waals surface area contributed by atoms with Crippen molar-refractivity contribution in [3.63, 3.8) is 0 Å². The van der Waals surface area contributed by atoms with Gasteiger partial charge in [0.15, 0.2) is 16.7 Å². The molecule has 0 radical (unpaired) electrons. The number of rotatable bonds is 12. The van der Waals surface area contributed by atoms with Crippen LogP contribution in [0.25, 0.3) is 11.3 Å². The molecule has 1 aromatic carbocycles. The lowest BCUT2D eigenvalue weighted by molar-refractivity contribution is 0.0949. The molecule has 1 fully saturated rings. The summed E-state index contributed by atoms with van der Waals surface area (Å²) in [6.45, 7) is 5.38. The summed E-state index contributed by atoms with van der Waals surface area (Å²) >= 11 is 5.92. The van der Waals surface area contributed by atoms with Gasteiger partial charge in [-0.1, -0.05) is 18.5 Å². The van der Waals surface area contributed by atoms with E-state index >= 15 is 0 Å². The van der Waals surface area contributed by atoms with Crippen LogP contribution in [0.2, 0.25) is 5.15 Å². The molecule has 2 heterocycles. The zero-order chi connectivity index (χ0) is 28.8. The lowest BCUT2D eigenvalue weighted by Crippen LogP contribution is -2.30. The smallest absolute Gasteiger partial charge is 0.251 e. The summed E-state index contributed by atoms with van der Waals surface area (Å²) in [5.41, 5.74) is 8.76. The molecule has 3 aromatic rings. The first-order chi connectivity index (χ1) is 19.3. The highest BCUT2D eigenvalue weighted by Gasteiger charge is 2.35. The Kier molecular flexibility index (Phi) is 9.42. The van der Waals surface area contributed by atoms with Crippen LogP contribution in [-0.2, 0) is 0 Å². The average Bonchev–Trinajstić information content (AvgIpc) is 3.78. The Morgan fingerprint density at radius 2 is 2.12 bits per heavy atom. The highest BCUT2D eigenvalue weighted by Crippen LogP contribution is 2.45. The molecular weight excluding hydrogens is 535 g/mol. The van der Waals surface area contributed by atoms with E-state index in [0.29, 0.717) is 47.0 Å². The zero-order valence-electron chi connectivity index (χ0n) is 22.8. The lowest BCUT2D eigenvalue weighted by atomic mass is 9.96. The molecule has 0 spiro atoms. The Morgan fingerprint density at radius 3 is 2.80 bits per heavy atom. The van der Waals surface area contributed by atoms with Crippen LogP contribution in [-0.4, -0.2) is 53.9 Å². The van der Waals surface area contributed by atoms with Crippen molar-refractivity contribution >= 4 is 35.1 Å². The van der Waals surface area contributed by atoms with Crippen molar-refractivity contribution in [1.29, 1.82) is 0 Å². The summed E-state index contributed by atoms with van der Waals surface area (Å²) in [5, 5.41) is 16.8. The molecule has 1 saturated carbocycles. The zero-order valence-corrected chi connectivity index (χ0v) is 23.6.